The van der Waals surface area contributed by atoms with Gasteiger partial charge in [-0.25, -0.2) is 0 Å². The summed E-state index contributed by atoms with van der Waals surface area (Å²) in [5, 5.41) is 7.18. The smallest absolute Gasteiger partial charge is 0.195 e. The van der Waals surface area contributed by atoms with Gasteiger partial charge in [0.25, 0.3) is 0 Å². The third-order valence-electron chi connectivity index (χ3n) is 3.14. The van der Waals surface area contributed by atoms with E-state index in [1.54, 1.807) is 0 Å². The van der Waals surface area contributed by atoms with Crippen LogP contribution in [0, 0.1) is 4.77 Å². The zero-order valence-corrected chi connectivity index (χ0v) is 10.9. The van der Waals surface area contributed by atoms with Gasteiger partial charge >= 0.3 is 0 Å². The summed E-state index contributed by atoms with van der Waals surface area (Å²) in [4.78, 5) is 2.50. The fourth-order valence-electron chi connectivity index (χ4n) is 2.23. The first kappa shape index (κ1) is 11.8. The monoisotopic (exact) mass is 240 g/mol. The van der Waals surface area contributed by atoms with Crippen molar-refractivity contribution in [1.29, 1.82) is 0 Å². The van der Waals surface area contributed by atoms with Gasteiger partial charge < -0.3 is 9.47 Å². The lowest BCUT2D eigenvalue weighted by molar-refractivity contribution is 0.319. The minimum Gasteiger partial charge on any atom is -0.303 e. The molecule has 0 unspecified atom stereocenters. The maximum Gasteiger partial charge on any atom is 0.195 e. The minimum absolute atomic E-state index is 0.423. The highest BCUT2D eigenvalue weighted by atomic mass is 32.1. The van der Waals surface area contributed by atoms with Crippen molar-refractivity contribution in [2.75, 3.05) is 19.6 Å². The second-order valence-electron chi connectivity index (χ2n) is 4.74. The molecule has 1 saturated heterocycles. The number of aromatic amines is 1. The summed E-state index contributed by atoms with van der Waals surface area (Å²) in [7, 11) is 0. The maximum atomic E-state index is 5.26. The predicted molar refractivity (Wildman–Crippen MR) is 67.2 cm³/mol. The number of hydrogen-bond donors (Lipinski definition) is 1. The van der Waals surface area contributed by atoms with Gasteiger partial charge in [-0.1, -0.05) is 13.8 Å². The molecule has 2 rings (SSSR count). The molecule has 1 aromatic heterocycles. The van der Waals surface area contributed by atoms with Gasteiger partial charge in [-0.15, -0.1) is 0 Å². The third kappa shape index (κ3) is 2.52. The summed E-state index contributed by atoms with van der Waals surface area (Å²) in [6.45, 7) is 8.83. The van der Waals surface area contributed by atoms with E-state index in [0.717, 1.165) is 23.7 Å². The number of H-pyrrole nitrogens is 1. The largest absolute Gasteiger partial charge is 0.303 e. The Hall–Kier alpha value is -0.680. The third-order valence-corrected chi connectivity index (χ3v) is 3.45. The number of hydrogen-bond acceptors (Lipinski definition) is 3. The average molecular weight is 240 g/mol. The zero-order chi connectivity index (χ0) is 11.5. The molecule has 0 atom stereocenters. The Balaban J connectivity index is 2.02. The lowest BCUT2D eigenvalue weighted by atomic mass is 10.2. The van der Waals surface area contributed by atoms with E-state index in [4.69, 9.17) is 12.2 Å². The number of likely N-dealkylation sites (tertiary alicyclic amines) is 1. The molecule has 0 radical (unpaired) electrons. The van der Waals surface area contributed by atoms with Crippen molar-refractivity contribution in [1.82, 2.24) is 19.7 Å². The van der Waals surface area contributed by atoms with Crippen molar-refractivity contribution in [3.05, 3.63) is 10.6 Å². The number of nitrogens with one attached hydrogen (secondary N) is 1. The number of rotatable bonds is 4. The van der Waals surface area contributed by atoms with E-state index < -0.39 is 0 Å². The minimum atomic E-state index is 0.423. The van der Waals surface area contributed by atoms with Gasteiger partial charge in [0.05, 0.1) is 0 Å². The molecule has 0 spiro atoms. The molecule has 0 bridgehead atoms. The summed E-state index contributed by atoms with van der Waals surface area (Å²) in [5.74, 6) is 1.50. The first-order valence-corrected chi connectivity index (χ1v) is 6.47. The van der Waals surface area contributed by atoms with E-state index in [0.29, 0.717) is 5.92 Å². The van der Waals surface area contributed by atoms with Gasteiger partial charge in [0, 0.05) is 19.0 Å². The van der Waals surface area contributed by atoms with E-state index in [-0.39, 0.29) is 0 Å². The fourth-order valence-corrected chi connectivity index (χ4v) is 2.46. The number of nitrogens with zero attached hydrogens (tertiary/aromatic N) is 3. The molecular formula is C11H20N4S. The van der Waals surface area contributed by atoms with Crippen LogP contribution in [0.25, 0.3) is 0 Å². The highest BCUT2D eigenvalue weighted by molar-refractivity contribution is 7.71. The molecule has 0 saturated carbocycles. The average Bonchev–Trinajstić information content (AvgIpc) is 2.84. The summed E-state index contributed by atoms with van der Waals surface area (Å²) in [6, 6.07) is 0. The van der Waals surface area contributed by atoms with E-state index in [9.17, 15) is 0 Å². The normalized spacial score (nSPS) is 17.4. The van der Waals surface area contributed by atoms with Gasteiger partial charge in [-0.3, -0.25) is 5.10 Å². The van der Waals surface area contributed by atoms with Gasteiger partial charge in [-0.05, 0) is 38.1 Å². The summed E-state index contributed by atoms with van der Waals surface area (Å²) in [6.07, 6.45) is 2.68. The highest BCUT2D eigenvalue weighted by Gasteiger charge is 2.14. The van der Waals surface area contributed by atoms with Crippen molar-refractivity contribution >= 4 is 12.2 Å². The predicted octanol–water partition coefficient (Wildman–Crippen LogP) is 2.16. The van der Waals surface area contributed by atoms with E-state index in [1.165, 1.54) is 25.9 Å². The molecule has 1 fully saturated rings. The van der Waals surface area contributed by atoms with Crippen molar-refractivity contribution in [2.45, 2.75) is 39.2 Å². The highest BCUT2D eigenvalue weighted by Crippen LogP contribution is 2.13. The quantitative estimate of drug-likeness (QED) is 0.819. The summed E-state index contributed by atoms with van der Waals surface area (Å²) >= 11 is 5.26. The Bertz CT molecular complexity index is 387. The summed E-state index contributed by atoms with van der Waals surface area (Å²) < 4.78 is 2.89. The van der Waals surface area contributed by atoms with Gasteiger partial charge in [0.15, 0.2) is 4.77 Å². The van der Waals surface area contributed by atoms with Crippen LogP contribution >= 0.6 is 12.2 Å². The second-order valence-corrected chi connectivity index (χ2v) is 5.13. The molecule has 0 aliphatic carbocycles. The Labute approximate surface area is 102 Å². The van der Waals surface area contributed by atoms with Crippen LogP contribution < -0.4 is 0 Å². The molecule has 1 N–H and O–H groups in total. The topological polar surface area (TPSA) is 36.9 Å². The number of aromatic nitrogens is 3. The molecule has 2 heterocycles. The molecule has 5 heteroatoms. The van der Waals surface area contributed by atoms with Crippen LogP contribution in [-0.4, -0.2) is 39.3 Å². The lowest BCUT2D eigenvalue weighted by Crippen LogP contribution is -2.25. The first-order chi connectivity index (χ1) is 7.68. The molecule has 0 amide bonds. The van der Waals surface area contributed by atoms with Crippen molar-refractivity contribution in [3.8, 4) is 0 Å². The molecule has 16 heavy (non-hydrogen) atoms. The fraction of sp³-hybridized carbons (Fsp3) is 0.818. The van der Waals surface area contributed by atoms with E-state index in [2.05, 4.69) is 33.5 Å². The molecule has 1 aliphatic heterocycles. The van der Waals surface area contributed by atoms with Gasteiger partial charge in [0.2, 0.25) is 0 Å². The van der Waals surface area contributed by atoms with Crippen LogP contribution in [0.4, 0.5) is 0 Å². The van der Waals surface area contributed by atoms with Crippen LogP contribution in [0.3, 0.4) is 0 Å². The van der Waals surface area contributed by atoms with Gasteiger partial charge in [0.1, 0.15) is 5.82 Å². The molecule has 0 aromatic carbocycles. The molecule has 1 aromatic rings. The molecule has 1 aliphatic rings. The zero-order valence-electron chi connectivity index (χ0n) is 10.1. The van der Waals surface area contributed by atoms with Gasteiger partial charge in [-0.2, -0.15) is 5.10 Å². The second kappa shape index (κ2) is 5.10. The Morgan fingerprint density at radius 3 is 2.62 bits per heavy atom. The standard InChI is InChI=1S/C11H20N4S/c1-9(2)10-12-13-11(16)15(10)8-7-14-5-3-4-6-14/h9H,3-8H2,1-2H3,(H,13,16). The van der Waals surface area contributed by atoms with Crippen molar-refractivity contribution < 1.29 is 0 Å². The van der Waals surface area contributed by atoms with Crippen LogP contribution in [0.15, 0.2) is 0 Å². The Morgan fingerprint density at radius 1 is 1.31 bits per heavy atom. The van der Waals surface area contributed by atoms with Crippen LogP contribution in [0.2, 0.25) is 0 Å². The Kier molecular flexibility index (Phi) is 3.76. The van der Waals surface area contributed by atoms with E-state index in [1.807, 2.05) is 0 Å². The SMILES string of the molecule is CC(C)c1n[nH]c(=S)n1CCN1CCCC1. The molecule has 90 valence electrons. The lowest BCUT2D eigenvalue weighted by Gasteiger charge is -2.16. The van der Waals surface area contributed by atoms with Crippen molar-refractivity contribution in [2.24, 2.45) is 0 Å². The Morgan fingerprint density at radius 2 is 2.00 bits per heavy atom. The molecule has 4 nitrogen and oxygen atoms in total. The maximum absolute atomic E-state index is 5.26. The van der Waals surface area contributed by atoms with Crippen molar-refractivity contribution in [3.63, 3.8) is 0 Å². The summed E-state index contributed by atoms with van der Waals surface area (Å²) in [5.41, 5.74) is 0. The first-order valence-electron chi connectivity index (χ1n) is 6.06. The van der Waals surface area contributed by atoms with E-state index >= 15 is 0 Å². The van der Waals surface area contributed by atoms with Crippen LogP contribution in [-0.2, 0) is 6.54 Å². The molecular weight excluding hydrogens is 220 g/mol. The van der Waals surface area contributed by atoms with Crippen LogP contribution in [0.5, 0.6) is 0 Å². The van der Waals surface area contributed by atoms with Crippen LogP contribution in [0.1, 0.15) is 38.4 Å².